The highest BCUT2D eigenvalue weighted by Crippen LogP contribution is 2.26. The van der Waals surface area contributed by atoms with Gasteiger partial charge in [0, 0.05) is 0 Å². The summed E-state index contributed by atoms with van der Waals surface area (Å²) >= 11 is 3.17. The molecule has 3 heteroatoms. The number of alkyl halides is 1. The quantitative estimate of drug-likeness (QED) is 0.283. The predicted octanol–water partition coefficient (Wildman–Crippen LogP) is 1.90. The lowest BCUT2D eigenvalue weighted by atomic mass is 10.1. The molecule has 0 aliphatic carbocycles. The summed E-state index contributed by atoms with van der Waals surface area (Å²) < 4.78 is -0.686. The van der Waals surface area contributed by atoms with Crippen LogP contribution in [-0.4, -0.2) is 10.5 Å². The van der Waals surface area contributed by atoms with Crippen LogP contribution in [0.4, 0.5) is 0 Å². The molecule has 1 unspecified atom stereocenters. The van der Waals surface area contributed by atoms with E-state index >= 15 is 0 Å². The Morgan fingerprint density at radius 3 is 2.33 bits per heavy atom. The second kappa shape index (κ2) is 3.14. The normalized spacial score (nSPS) is 16.6. The van der Waals surface area contributed by atoms with E-state index in [1.165, 1.54) is 6.08 Å². The van der Waals surface area contributed by atoms with Crippen molar-refractivity contribution in [2.75, 3.05) is 0 Å². The van der Waals surface area contributed by atoms with E-state index in [1.54, 1.807) is 0 Å². The van der Waals surface area contributed by atoms with E-state index in [-0.39, 0.29) is 5.92 Å². The van der Waals surface area contributed by atoms with E-state index in [0.29, 0.717) is 0 Å². The smallest absolute Gasteiger partial charge is 0.211 e. The van der Waals surface area contributed by atoms with E-state index in [0.717, 1.165) is 0 Å². The molecule has 0 rings (SSSR count). The van der Waals surface area contributed by atoms with E-state index in [2.05, 4.69) is 27.8 Å². The van der Waals surface area contributed by atoms with Crippen LogP contribution in [0.15, 0.2) is 4.99 Å². The second-order valence-corrected chi connectivity index (χ2v) is 3.55. The number of rotatable bonds is 2. The van der Waals surface area contributed by atoms with Crippen molar-refractivity contribution in [2.24, 2.45) is 10.9 Å². The molecule has 0 aromatic carbocycles. The van der Waals surface area contributed by atoms with Gasteiger partial charge in [-0.2, -0.15) is 4.99 Å². The number of hydrogen-bond acceptors (Lipinski definition) is 2. The Bertz CT molecular complexity index is 136. The van der Waals surface area contributed by atoms with E-state index in [1.807, 2.05) is 13.8 Å². The zero-order valence-corrected chi connectivity index (χ0v) is 7.10. The number of hydrogen-bond donors (Lipinski definition) is 0. The SMILES string of the molecule is [CH2]C(Br)(N=C=O)C(C)C. The van der Waals surface area contributed by atoms with Crippen LogP contribution in [0.25, 0.3) is 0 Å². The summed E-state index contributed by atoms with van der Waals surface area (Å²) in [5, 5.41) is 0. The van der Waals surface area contributed by atoms with Crippen molar-refractivity contribution >= 4 is 22.0 Å². The molecule has 0 spiro atoms. The lowest BCUT2D eigenvalue weighted by Gasteiger charge is -2.18. The van der Waals surface area contributed by atoms with Crippen LogP contribution in [0.1, 0.15) is 13.8 Å². The first kappa shape index (κ1) is 8.86. The molecule has 0 aliphatic rings. The van der Waals surface area contributed by atoms with Crippen LogP contribution in [0, 0.1) is 12.8 Å². The number of nitrogens with zero attached hydrogens (tertiary/aromatic N) is 1. The third kappa shape index (κ3) is 2.78. The maximum Gasteiger partial charge on any atom is 0.236 e. The monoisotopic (exact) mass is 190 g/mol. The van der Waals surface area contributed by atoms with Crippen molar-refractivity contribution in [2.45, 2.75) is 18.3 Å². The first-order valence-electron chi connectivity index (χ1n) is 2.64. The Kier molecular flexibility index (Phi) is 3.09. The van der Waals surface area contributed by atoms with Crippen LogP contribution in [-0.2, 0) is 4.79 Å². The zero-order chi connectivity index (χ0) is 7.49. The number of isocyanates is 1. The van der Waals surface area contributed by atoms with Crippen LogP contribution in [0.2, 0.25) is 0 Å². The van der Waals surface area contributed by atoms with Crippen molar-refractivity contribution in [3.05, 3.63) is 6.92 Å². The third-order valence-electron chi connectivity index (χ3n) is 1.12. The van der Waals surface area contributed by atoms with Gasteiger partial charge in [0.2, 0.25) is 6.08 Å². The molecule has 0 aromatic heterocycles. The molecule has 0 bridgehead atoms. The molecule has 51 valence electrons. The molecule has 0 aliphatic heterocycles. The van der Waals surface area contributed by atoms with Gasteiger partial charge in [-0.05, 0) is 12.8 Å². The van der Waals surface area contributed by atoms with Gasteiger partial charge in [0.15, 0.2) is 0 Å². The third-order valence-corrected chi connectivity index (χ3v) is 2.21. The van der Waals surface area contributed by atoms with Gasteiger partial charge in [0.1, 0.15) is 4.45 Å². The van der Waals surface area contributed by atoms with Gasteiger partial charge in [-0.1, -0.05) is 29.8 Å². The second-order valence-electron chi connectivity index (χ2n) is 2.18. The minimum Gasteiger partial charge on any atom is -0.211 e. The van der Waals surface area contributed by atoms with Crippen LogP contribution in [0.5, 0.6) is 0 Å². The highest BCUT2D eigenvalue weighted by Gasteiger charge is 2.23. The average molecular weight is 191 g/mol. The fourth-order valence-electron chi connectivity index (χ4n) is 0.205. The summed E-state index contributed by atoms with van der Waals surface area (Å²) in [6.45, 7) is 7.49. The Hall–Kier alpha value is -0.140. The molecular formula is C6H9BrNO. The Morgan fingerprint density at radius 2 is 2.22 bits per heavy atom. The molecule has 0 saturated carbocycles. The van der Waals surface area contributed by atoms with Crippen molar-refractivity contribution in [3.8, 4) is 0 Å². The minimum absolute atomic E-state index is 0.193. The Labute approximate surface area is 63.5 Å². The first-order valence-corrected chi connectivity index (χ1v) is 3.43. The van der Waals surface area contributed by atoms with Crippen molar-refractivity contribution in [3.63, 3.8) is 0 Å². The van der Waals surface area contributed by atoms with Gasteiger partial charge < -0.3 is 0 Å². The van der Waals surface area contributed by atoms with E-state index in [9.17, 15) is 4.79 Å². The average Bonchev–Trinajstić information content (AvgIpc) is 1.65. The highest BCUT2D eigenvalue weighted by molar-refractivity contribution is 9.10. The van der Waals surface area contributed by atoms with Crippen LogP contribution in [0.3, 0.4) is 0 Å². The molecule has 1 atom stereocenters. The highest BCUT2D eigenvalue weighted by atomic mass is 79.9. The van der Waals surface area contributed by atoms with Gasteiger partial charge in [0.25, 0.3) is 0 Å². The maximum atomic E-state index is 9.76. The number of carbonyl (C=O) groups excluding carboxylic acids is 1. The van der Waals surface area contributed by atoms with Gasteiger partial charge in [-0.25, -0.2) is 4.79 Å². The molecule has 9 heavy (non-hydrogen) atoms. The standard InChI is InChI=1S/C6H9BrNO/c1-5(2)6(3,7)8-4-9/h5H,3H2,1-2H3. The first-order chi connectivity index (χ1) is 4.00. The lowest BCUT2D eigenvalue weighted by Crippen LogP contribution is -2.20. The molecule has 2 nitrogen and oxygen atoms in total. The molecule has 0 amide bonds. The number of halogens is 1. The summed E-state index contributed by atoms with van der Waals surface area (Å²) in [7, 11) is 0. The molecular weight excluding hydrogens is 182 g/mol. The largest absolute Gasteiger partial charge is 0.236 e. The van der Waals surface area contributed by atoms with E-state index in [4.69, 9.17) is 0 Å². The molecule has 0 N–H and O–H groups in total. The van der Waals surface area contributed by atoms with Gasteiger partial charge in [-0.15, -0.1) is 0 Å². The summed E-state index contributed by atoms with van der Waals surface area (Å²) in [5.74, 6) is 0.193. The topological polar surface area (TPSA) is 29.4 Å². The summed E-state index contributed by atoms with van der Waals surface area (Å²) in [4.78, 5) is 13.2. The Morgan fingerprint density at radius 1 is 1.78 bits per heavy atom. The van der Waals surface area contributed by atoms with Crippen molar-refractivity contribution in [1.82, 2.24) is 0 Å². The van der Waals surface area contributed by atoms with Crippen molar-refractivity contribution in [1.29, 1.82) is 0 Å². The molecule has 1 radical (unpaired) electrons. The van der Waals surface area contributed by atoms with Crippen molar-refractivity contribution < 1.29 is 4.79 Å². The lowest BCUT2D eigenvalue weighted by molar-refractivity contribution is 0.517. The molecule has 0 aromatic rings. The van der Waals surface area contributed by atoms with Gasteiger partial charge in [0.05, 0.1) is 0 Å². The number of aliphatic imine (C=N–C) groups is 1. The predicted molar refractivity (Wildman–Crippen MR) is 40.0 cm³/mol. The maximum absolute atomic E-state index is 9.76. The van der Waals surface area contributed by atoms with E-state index < -0.39 is 4.45 Å². The zero-order valence-electron chi connectivity index (χ0n) is 5.52. The van der Waals surface area contributed by atoms with Gasteiger partial charge in [-0.3, -0.25) is 0 Å². The summed E-state index contributed by atoms with van der Waals surface area (Å²) in [6, 6.07) is 0. The molecule has 0 fully saturated rings. The Balaban J connectivity index is 4.18. The van der Waals surface area contributed by atoms with Crippen LogP contribution >= 0.6 is 15.9 Å². The fraction of sp³-hybridized carbons (Fsp3) is 0.667. The summed E-state index contributed by atoms with van der Waals surface area (Å²) in [5.41, 5.74) is 0. The van der Waals surface area contributed by atoms with Gasteiger partial charge >= 0.3 is 0 Å². The summed E-state index contributed by atoms with van der Waals surface area (Å²) in [6.07, 6.45) is 1.45. The molecule has 0 saturated heterocycles. The fourth-order valence-corrected chi connectivity index (χ4v) is 0.277. The minimum atomic E-state index is -0.686. The van der Waals surface area contributed by atoms with Crippen LogP contribution < -0.4 is 0 Å². The molecule has 0 heterocycles.